The normalized spacial score (nSPS) is 24.8. The van der Waals surface area contributed by atoms with Gasteiger partial charge in [0, 0.05) is 36.9 Å². The molecule has 1 saturated carbocycles. The molecule has 3 aliphatic heterocycles. The maximum Gasteiger partial charge on any atom is 0.411 e. The summed E-state index contributed by atoms with van der Waals surface area (Å²) in [4.78, 5) is 28.6. The van der Waals surface area contributed by atoms with Crippen LogP contribution >= 0.6 is 0 Å². The Labute approximate surface area is 191 Å². The number of nitrogens with one attached hydrogen (secondary N) is 2. The van der Waals surface area contributed by atoms with Crippen LogP contribution in [0.5, 0.6) is 5.75 Å². The SMILES string of the molecule is CC(C(=O)Nc1ccc(F)c(OC(F)F)c1)N1CC2CC(C1)N2CC(=O)NC1(C(F)(F)F)CC1. The van der Waals surface area contributed by atoms with Gasteiger partial charge in [0.2, 0.25) is 11.8 Å². The van der Waals surface area contributed by atoms with Gasteiger partial charge in [-0.2, -0.15) is 22.0 Å². The van der Waals surface area contributed by atoms with E-state index >= 15 is 0 Å². The molecule has 1 aromatic rings. The fraction of sp³-hybridized carbons (Fsp3) is 0.619. The first kappa shape index (κ1) is 24.6. The number of piperidine rings is 1. The zero-order valence-electron chi connectivity index (χ0n) is 18.2. The van der Waals surface area contributed by atoms with E-state index in [0.29, 0.717) is 13.1 Å². The fourth-order valence-corrected chi connectivity index (χ4v) is 4.55. The van der Waals surface area contributed by atoms with Gasteiger partial charge in [0.05, 0.1) is 12.6 Å². The van der Waals surface area contributed by atoms with Gasteiger partial charge in [-0.3, -0.25) is 19.4 Å². The van der Waals surface area contributed by atoms with Crippen molar-refractivity contribution in [2.75, 3.05) is 25.0 Å². The quantitative estimate of drug-likeness (QED) is 0.544. The van der Waals surface area contributed by atoms with Crippen LogP contribution in [0.15, 0.2) is 18.2 Å². The lowest BCUT2D eigenvalue weighted by Gasteiger charge is -2.57. The Bertz CT molecular complexity index is 943. The van der Waals surface area contributed by atoms with Crippen LogP contribution in [0, 0.1) is 5.82 Å². The van der Waals surface area contributed by atoms with E-state index in [1.165, 1.54) is 6.07 Å². The predicted octanol–water partition coefficient (Wildman–Crippen LogP) is 2.72. The molecule has 4 fully saturated rings. The molecule has 34 heavy (non-hydrogen) atoms. The molecule has 1 aliphatic carbocycles. The second-order valence-corrected chi connectivity index (χ2v) is 8.99. The standard InChI is InChI=1S/C21H24F6N4O3/c1-11(18(33)28-12-2-3-15(22)16(6-12)34-19(23)24)30-8-13-7-14(9-30)31(13)10-17(32)29-20(4-5-20)21(25,26)27/h2-3,6,11,13-14,19H,4-5,7-10H2,1H3,(H,28,33)(H,29,32). The number of benzene rings is 1. The molecular formula is C21H24F6N4O3. The van der Waals surface area contributed by atoms with Gasteiger partial charge in [-0.1, -0.05) is 0 Å². The first-order valence-electron chi connectivity index (χ1n) is 10.8. The summed E-state index contributed by atoms with van der Waals surface area (Å²) in [5, 5.41) is 4.67. The molecule has 188 valence electrons. The molecule has 3 atom stereocenters. The van der Waals surface area contributed by atoms with Crippen molar-refractivity contribution in [2.24, 2.45) is 0 Å². The van der Waals surface area contributed by atoms with Crippen molar-refractivity contribution in [3.05, 3.63) is 24.0 Å². The van der Waals surface area contributed by atoms with Gasteiger partial charge in [-0.15, -0.1) is 0 Å². The van der Waals surface area contributed by atoms with Crippen LogP contribution in [-0.2, 0) is 9.59 Å². The van der Waals surface area contributed by atoms with Gasteiger partial charge in [0.1, 0.15) is 5.54 Å². The van der Waals surface area contributed by atoms with Crippen LogP contribution in [0.3, 0.4) is 0 Å². The molecule has 0 aromatic heterocycles. The van der Waals surface area contributed by atoms with Crippen molar-refractivity contribution in [3.8, 4) is 5.75 Å². The van der Waals surface area contributed by atoms with Gasteiger partial charge in [0.25, 0.3) is 0 Å². The highest BCUT2D eigenvalue weighted by molar-refractivity contribution is 5.94. The van der Waals surface area contributed by atoms with Crippen LogP contribution in [0.4, 0.5) is 32.0 Å². The van der Waals surface area contributed by atoms with E-state index in [9.17, 15) is 35.9 Å². The first-order valence-corrected chi connectivity index (χ1v) is 10.8. The molecule has 2 N–H and O–H groups in total. The van der Waals surface area contributed by atoms with E-state index in [1.807, 2.05) is 9.80 Å². The zero-order valence-corrected chi connectivity index (χ0v) is 18.2. The van der Waals surface area contributed by atoms with E-state index < -0.39 is 47.7 Å². The molecule has 1 aromatic carbocycles. The minimum atomic E-state index is -4.47. The summed E-state index contributed by atoms with van der Waals surface area (Å²) in [5.41, 5.74) is -2.00. The number of anilines is 1. The molecule has 13 heteroatoms. The van der Waals surface area contributed by atoms with Gasteiger partial charge in [-0.25, -0.2) is 4.39 Å². The molecule has 2 bridgehead atoms. The summed E-state index contributed by atoms with van der Waals surface area (Å²) in [6, 6.07) is 2.33. The zero-order chi connectivity index (χ0) is 24.8. The van der Waals surface area contributed by atoms with Crippen molar-refractivity contribution in [2.45, 2.75) is 62.6 Å². The lowest BCUT2D eigenvalue weighted by atomic mass is 9.86. The highest BCUT2D eigenvalue weighted by Crippen LogP contribution is 2.49. The Morgan fingerprint density at radius 3 is 2.41 bits per heavy atom. The smallest absolute Gasteiger partial charge is 0.411 e. The third-order valence-corrected chi connectivity index (χ3v) is 6.71. The Kier molecular flexibility index (Phi) is 6.44. The highest BCUT2D eigenvalue weighted by atomic mass is 19.4. The Hall–Kier alpha value is -2.54. The number of ether oxygens (including phenoxy) is 1. The van der Waals surface area contributed by atoms with Gasteiger partial charge >= 0.3 is 12.8 Å². The van der Waals surface area contributed by atoms with Crippen LogP contribution in [0.25, 0.3) is 0 Å². The number of alkyl halides is 5. The van der Waals surface area contributed by atoms with E-state index in [4.69, 9.17) is 0 Å². The number of halogens is 6. The monoisotopic (exact) mass is 494 g/mol. The van der Waals surface area contributed by atoms with Crippen molar-refractivity contribution in [3.63, 3.8) is 0 Å². The number of fused-ring (bicyclic) bond motifs is 2. The second-order valence-electron chi connectivity index (χ2n) is 8.99. The third-order valence-electron chi connectivity index (χ3n) is 6.71. The lowest BCUT2D eigenvalue weighted by Crippen LogP contribution is -2.71. The largest absolute Gasteiger partial charge is 0.432 e. The van der Waals surface area contributed by atoms with E-state index in [1.54, 1.807) is 6.92 Å². The number of hydrogen-bond donors (Lipinski definition) is 2. The molecule has 2 amide bonds. The van der Waals surface area contributed by atoms with Crippen molar-refractivity contribution in [1.82, 2.24) is 15.1 Å². The van der Waals surface area contributed by atoms with Crippen LogP contribution in [-0.4, -0.2) is 77.7 Å². The number of piperazine rings is 1. The molecule has 5 rings (SSSR count). The average molecular weight is 494 g/mol. The number of hydrogen-bond acceptors (Lipinski definition) is 5. The van der Waals surface area contributed by atoms with Crippen molar-refractivity contribution >= 4 is 17.5 Å². The van der Waals surface area contributed by atoms with Gasteiger partial charge in [0.15, 0.2) is 11.6 Å². The van der Waals surface area contributed by atoms with Gasteiger partial charge < -0.3 is 15.4 Å². The average Bonchev–Trinajstić information content (AvgIpc) is 3.54. The van der Waals surface area contributed by atoms with E-state index in [0.717, 1.165) is 18.6 Å². The number of rotatable bonds is 8. The highest BCUT2D eigenvalue weighted by Gasteiger charge is 2.64. The molecule has 0 radical (unpaired) electrons. The van der Waals surface area contributed by atoms with Gasteiger partial charge in [-0.05, 0) is 38.3 Å². The third kappa shape index (κ3) is 4.95. The maximum absolute atomic E-state index is 13.6. The lowest BCUT2D eigenvalue weighted by molar-refractivity contribution is -0.172. The summed E-state index contributed by atoms with van der Waals surface area (Å²) in [5.74, 6) is -2.79. The summed E-state index contributed by atoms with van der Waals surface area (Å²) < 4.78 is 81.6. The second kappa shape index (κ2) is 8.91. The summed E-state index contributed by atoms with van der Waals surface area (Å²) in [6.45, 7) is -0.827. The van der Waals surface area contributed by atoms with E-state index in [2.05, 4.69) is 15.4 Å². The summed E-state index contributed by atoms with van der Waals surface area (Å²) >= 11 is 0. The maximum atomic E-state index is 13.6. The van der Waals surface area contributed by atoms with Crippen LogP contribution in [0.1, 0.15) is 26.2 Å². The van der Waals surface area contributed by atoms with Crippen molar-refractivity contribution in [1.29, 1.82) is 0 Å². The molecule has 0 spiro atoms. The summed E-state index contributed by atoms with van der Waals surface area (Å²) in [7, 11) is 0. The molecule has 3 saturated heterocycles. The Balaban J connectivity index is 1.29. The molecule has 3 unspecified atom stereocenters. The Morgan fingerprint density at radius 2 is 1.85 bits per heavy atom. The van der Waals surface area contributed by atoms with Crippen LogP contribution < -0.4 is 15.4 Å². The number of nitrogens with zero attached hydrogens (tertiary/aromatic N) is 2. The number of amides is 2. The number of carbonyl (C=O) groups is 2. The summed E-state index contributed by atoms with van der Waals surface area (Å²) in [6.07, 6.45) is -3.92. The first-order chi connectivity index (χ1) is 15.9. The molecular weight excluding hydrogens is 470 g/mol. The minimum Gasteiger partial charge on any atom is -0.432 e. The topological polar surface area (TPSA) is 73.9 Å². The molecule has 3 heterocycles. The van der Waals surface area contributed by atoms with Crippen LogP contribution in [0.2, 0.25) is 0 Å². The molecule has 7 nitrogen and oxygen atoms in total. The predicted molar refractivity (Wildman–Crippen MR) is 108 cm³/mol. The molecule has 4 aliphatic rings. The van der Waals surface area contributed by atoms with E-state index in [-0.39, 0.29) is 37.2 Å². The minimum absolute atomic E-state index is 0.0716. The van der Waals surface area contributed by atoms with Crippen molar-refractivity contribution < 1.29 is 40.7 Å². The number of carbonyl (C=O) groups excluding carboxylic acids is 2. The Morgan fingerprint density at radius 1 is 1.21 bits per heavy atom. The fourth-order valence-electron chi connectivity index (χ4n) is 4.55.